The Kier molecular flexibility index (Phi) is 3.19. The first kappa shape index (κ1) is 11.8. The van der Waals surface area contributed by atoms with Crippen molar-refractivity contribution in [2.24, 2.45) is 0 Å². The molecule has 1 saturated heterocycles. The molecule has 0 bridgehead atoms. The van der Waals surface area contributed by atoms with Crippen molar-refractivity contribution in [1.29, 1.82) is 0 Å². The molecule has 1 heterocycles. The molecule has 0 spiro atoms. The van der Waals surface area contributed by atoms with Crippen LogP contribution in [-0.2, 0) is 9.84 Å². The van der Waals surface area contributed by atoms with Gasteiger partial charge in [-0.2, -0.15) is 0 Å². The number of halogens is 2. The van der Waals surface area contributed by atoms with E-state index in [1.165, 1.54) is 18.2 Å². The van der Waals surface area contributed by atoms with Crippen LogP contribution >= 0.6 is 11.6 Å². The molecule has 1 aromatic rings. The van der Waals surface area contributed by atoms with Crippen molar-refractivity contribution >= 4 is 21.4 Å². The summed E-state index contributed by atoms with van der Waals surface area (Å²) in [6.45, 7) is 0.403. The quantitative estimate of drug-likeness (QED) is 0.836. The lowest BCUT2D eigenvalue weighted by molar-refractivity contribution is 0.530. The van der Waals surface area contributed by atoms with Crippen LogP contribution in [0.1, 0.15) is 11.6 Å². The zero-order valence-corrected chi connectivity index (χ0v) is 9.98. The number of hydrogen-bond acceptors (Lipinski definition) is 3. The van der Waals surface area contributed by atoms with Gasteiger partial charge >= 0.3 is 0 Å². The lowest BCUT2D eigenvalue weighted by Crippen LogP contribution is -2.39. The van der Waals surface area contributed by atoms with E-state index in [0.29, 0.717) is 12.1 Å². The molecule has 1 atom stereocenters. The van der Waals surface area contributed by atoms with Gasteiger partial charge in [-0.1, -0.05) is 17.7 Å². The SMILES string of the molecule is O=S1(=O)CCNC(c2ccc(F)cc2Cl)C1. The molecule has 0 radical (unpaired) electrons. The predicted molar refractivity (Wildman–Crippen MR) is 60.8 cm³/mol. The van der Waals surface area contributed by atoms with Crippen molar-refractivity contribution in [3.8, 4) is 0 Å². The summed E-state index contributed by atoms with van der Waals surface area (Å²) >= 11 is 5.88. The molecule has 3 nitrogen and oxygen atoms in total. The highest BCUT2D eigenvalue weighted by molar-refractivity contribution is 7.91. The molecule has 0 amide bonds. The number of hydrogen-bond donors (Lipinski definition) is 1. The van der Waals surface area contributed by atoms with Crippen molar-refractivity contribution in [1.82, 2.24) is 5.32 Å². The van der Waals surface area contributed by atoms with E-state index < -0.39 is 15.7 Å². The Morgan fingerprint density at radius 2 is 2.19 bits per heavy atom. The summed E-state index contributed by atoms with van der Waals surface area (Å²) in [5.74, 6) is -0.270. The number of sulfone groups is 1. The summed E-state index contributed by atoms with van der Waals surface area (Å²) < 4.78 is 35.8. The fourth-order valence-corrected chi connectivity index (χ4v) is 3.47. The second-order valence-corrected chi connectivity index (χ2v) is 6.42. The van der Waals surface area contributed by atoms with E-state index in [9.17, 15) is 12.8 Å². The highest BCUT2D eigenvalue weighted by Gasteiger charge is 2.26. The van der Waals surface area contributed by atoms with E-state index in [2.05, 4.69) is 5.32 Å². The lowest BCUT2D eigenvalue weighted by Gasteiger charge is -2.24. The molecule has 1 N–H and O–H groups in total. The normalized spacial score (nSPS) is 24.2. The topological polar surface area (TPSA) is 46.2 Å². The minimum Gasteiger partial charge on any atom is -0.308 e. The third kappa shape index (κ3) is 2.53. The molecular formula is C10H11ClFNO2S. The Morgan fingerprint density at radius 3 is 2.81 bits per heavy atom. The number of nitrogens with one attached hydrogen (secondary N) is 1. The maximum atomic E-state index is 12.8. The van der Waals surface area contributed by atoms with Gasteiger partial charge in [0.05, 0.1) is 11.5 Å². The Labute approximate surface area is 98.5 Å². The summed E-state index contributed by atoms with van der Waals surface area (Å²) in [4.78, 5) is 0. The molecule has 0 aromatic heterocycles. The van der Waals surface area contributed by atoms with Crippen molar-refractivity contribution in [2.75, 3.05) is 18.1 Å². The molecule has 1 unspecified atom stereocenters. The van der Waals surface area contributed by atoms with Crippen molar-refractivity contribution in [3.63, 3.8) is 0 Å². The van der Waals surface area contributed by atoms with Crippen LogP contribution < -0.4 is 5.32 Å². The van der Waals surface area contributed by atoms with Crippen LogP contribution in [0.3, 0.4) is 0 Å². The van der Waals surface area contributed by atoms with Gasteiger partial charge in [0.15, 0.2) is 9.84 Å². The van der Waals surface area contributed by atoms with Crippen LogP contribution in [0.2, 0.25) is 5.02 Å². The van der Waals surface area contributed by atoms with E-state index >= 15 is 0 Å². The molecule has 88 valence electrons. The van der Waals surface area contributed by atoms with Crippen LogP contribution in [-0.4, -0.2) is 26.5 Å². The van der Waals surface area contributed by atoms with Gasteiger partial charge in [0, 0.05) is 17.6 Å². The summed E-state index contributed by atoms with van der Waals surface area (Å²) in [7, 11) is -3.02. The van der Waals surface area contributed by atoms with Gasteiger partial charge in [0.2, 0.25) is 0 Å². The summed E-state index contributed by atoms with van der Waals surface area (Å²) in [6.07, 6.45) is 0. The third-order valence-electron chi connectivity index (χ3n) is 2.56. The monoisotopic (exact) mass is 263 g/mol. The predicted octanol–water partition coefficient (Wildman–Crippen LogP) is 1.54. The first-order valence-electron chi connectivity index (χ1n) is 4.87. The molecule has 2 rings (SSSR count). The molecule has 1 fully saturated rings. The molecule has 6 heteroatoms. The molecule has 1 aromatic carbocycles. The van der Waals surface area contributed by atoms with E-state index in [-0.39, 0.29) is 22.6 Å². The van der Waals surface area contributed by atoms with Gasteiger partial charge in [-0.05, 0) is 17.7 Å². The van der Waals surface area contributed by atoms with E-state index in [4.69, 9.17) is 11.6 Å². The smallest absolute Gasteiger partial charge is 0.153 e. The van der Waals surface area contributed by atoms with Crippen LogP contribution in [0.4, 0.5) is 4.39 Å². The van der Waals surface area contributed by atoms with Crippen LogP contribution in [0.15, 0.2) is 18.2 Å². The maximum absolute atomic E-state index is 12.8. The molecule has 0 saturated carbocycles. The maximum Gasteiger partial charge on any atom is 0.153 e. The van der Waals surface area contributed by atoms with Gasteiger partial charge in [-0.25, -0.2) is 12.8 Å². The van der Waals surface area contributed by atoms with E-state index in [1.807, 2.05) is 0 Å². The molecule has 0 aliphatic carbocycles. The van der Waals surface area contributed by atoms with Gasteiger partial charge in [0.25, 0.3) is 0 Å². The fourth-order valence-electron chi connectivity index (χ4n) is 1.77. The minimum absolute atomic E-state index is 0.0123. The Morgan fingerprint density at radius 1 is 1.44 bits per heavy atom. The van der Waals surface area contributed by atoms with Crippen molar-refractivity contribution in [2.45, 2.75) is 6.04 Å². The Balaban J connectivity index is 2.30. The Bertz CT molecular complexity index is 504. The standard InChI is InChI=1S/C10H11ClFNO2S/c11-9-5-7(12)1-2-8(9)10-6-16(14,15)4-3-13-10/h1-2,5,10,13H,3-4,6H2. The van der Waals surface area contributed by atoms with Crippen molar-refractivity contribution < 1.29 is 12.8 Å². The second-order valence-electron chi connectivity index (χ2n) is 3.79. The van der Waals surface area contributed by atoms with Gasteiger partial charge in [-0.3, -0.25) is 0 Å². The molecule has 16 heavy (non-hydrogen) atoms. The zero-order chi connectivity index (χ0) is 11.8. The minimum atomic E-state index is -3.02. The highest BCUT2D eigenvalue weighted by atomic mass is 35.5. The average molecular weight is 264 g/mol. The van der Waals surface area contributed by atoms with E-state index in [1.54, 1.807) is 0 Å². The first-order valence-corrected chi connectivity index (χ1v) is 7.07. The number of rotatable bonds is 1. The zero-order valence-electron chi connectivity index (χ0n) is 8.41. The average Bonchev–Trinajstić information content (AvgIpc) is 2.15. The third-order valence-corrected chi connectivity index (χ3v) is 4.56. The largest absolute Gasteiger partial charge is 0.308 e. The molecule has 1 aliphatic rings. The number of benzene rings is 1. The van der Waals surface area contributed by atoms with Gasteiger partial charge in [-0.15, -0.1) is 0 Å². The first-order chi connectivity index (χ1) is 7.48. The highest BCUT2D eigenvalue weighted by Crippen LogP contribution is 2.26. The van der Waals surface area contributed by atoms with E-state index in [0.717, 1.165) is 0 Å². The summed E-state index contributed by atoms with van der Waals surface area (Å²) in [5, 5.41) is 3.32. The van der Waals surface area contributed by atoms with Crippen LogP contribution in [0.25, 0.3) is 0 Å². The lowest BCUT2D eigenvalue weighted by atomic mass is 10.1. The van der Waals surface area contributed by atoms with Gasteiger partial charge in [0.1, 0.15) is 5.82 Å². The second kappa shape index (κ2) is 4.31. The van der Waals surface area contributed by atoms with Crippen LogP contribution in [0, 0.1) is 5.82 Å². The summed E-state index contributed by atoms with van der Waals surface area (Å²) in [5.41, 5.74) is 0.631. The Hall–Kier alpha value is -0.650. The molecular weight excluding hydrogens is 253 g/mol. The fraction of sp³-hybridized carbons (Fsp3) is 0.400. The van der Waals surface area contributed by atoms with Crippen LogP contribution in [0.5, 0.6) is 0 Å². The van der Waals surface area contributed by atoms with Crippen molar-refractivity contribution in [3.05, 3.63) is 34.6 Å². The van der Waals surface area contributed by atoms with Gasteiger partial charge < -0.3 is 5.32 Å². The molecule has 1 aliphatic heterocycles. The summed E-state index contributed by atoms with van der Waals surface area (Å²) in [6, 6.07) is 3.66.